The minimum absolute atomic E-state index is 0.0426. The van der Waals surface area contributed by atoms with Crippen molar-refractivity contribution in [3.8, 4) is 0 Å². The van der Waals surface area contributed by atoms with E-state index < -0.39 is 21.8 Å². The standard InChI is InChI=1S/C20H25N5O5S/c1-3-25(4-2)13-14-9-10-16(30-14)20(27)23-22-18(26)11-12-21-19-15-7-5-6-8-17(15)31(28,29)24-19/h5-10H,3-4,11-13H2,1-2H3,(H,21,24)(H,22,26)(H,23,27). The molecule has 1 aromatic carbocycles. The Bertz CT molecular complexity index is 1090. The lowest BCUT2D eigenvalue weighted by molar-refractivity contribution is -0.121. The van der Waals surface area contributed by atoms with Crippen LogP contribution in [-0.2, 0) is 21.4 Å². The van der Waals surface area contributed by atoms with Gasteiger partial charge in [0.25, 0.3) is 10.0 Å². The second-order valence-electron chi connectivity index (χ2n) is 6.81. The van der Waals surface area contributed by atoms with Crippen LogP contribution in [0.1, 0.15) is 42.1 Å². The van der Waals surface area contributed by atoms with Crippen molar-refractivity contribution >= 4 is 27.7 Å². The molecule has 0 fully saturated rings. The molecule has 0 unspecified atom stereocenters. The number of benzene rings is 1. The fourth-order valence-corrected chi connectivity index (χ4v) is 4.27. The van der Waals surface area contributed by atoms with Crippen molar-refractivity contribution in [3.63, 3.8) is 0 Å². The molecule has 2 aromatic rings. The van der Waals surface area contributed by atoms with Gasteiger partial charge in [-0.15, -0.1) is 0 Å². The van der Waals surface area contributed by atoms with E-state index in [-0.39, 0.29) is 29.5 Å². The zero-order valence-electron chi connectivity index (χ0n) is 17.3. The molecule has 0 spiro atoms. The summed E-state index contributed by atoms with van der Waals surface area (Å²) in [5.41, 5.74) is 5.06. The summed E-state index contributed by atoms with van der Waals surface area (Å²) < 4.78 is 32.0. The van der Waals surface area contributed by atoms with Crippen molar-refractivity contribution in [1.29, 1.82) is 0 Å². The first-order valence-electron chi connectivity index (χ1n) is 9.91. The van der Waals surface area contributed by atoms with Crippen LogP contribution in [0.25, 0.3) is 0 Å². The molecular weight excluding hydrogens is 422 g/mol. The molecule has 166 valence electrons. The van der Waals surface area contributed by atoms with E-state index in [9.17, 15) is 18.0 Å². The monoisotopic (exact) mass is 447 g/mol. The first-order valence-corrected chi connectivity index (χ1v) is 11.4. The molecule has 1 aliphatic heterocycles. The highest BCUT2D eigenvalue weighted by Gasteiger charge is 2.29. The fourth-order valence-electron chi connectivity index (χ4n) is 3.02. The highest BCUT2D eigenvalue weighted by atomic mass is 32.2. The van der Waals surface area contributed by atoms with Crippen molar-refractivity contribution < 1.29 is 22.4 Å². The van der Waals surface area contributed by atoms with Crippen LogP contribution in [-0.4, -0.2) is 50.6 Å². The van der Waals surface area contributed by atoms with Gasteiger partial charge >= 0.3 is 5.91 Å². The van der Waals surface area contributed by atoms with E-state index in [1.165, 1.54) is 6.07 Å². The van der Waals surface area contributed by atoms with Gasteiger partial charge in [0, 0.05) is 12.0 Å². The van der Waals surface area contributed by atoms with Gasteiger partial charge in [0.1, 0.15) is 11.6 Å². The molecule has 2 amide bonds. The first-order chi connectivity index (χ1) is 14.8. The van der Waals surface area contributed by atoms with E-state index in [2.05, 4.69) is 25.5 Å². The maximum absolute atomic E-state index is 12.1. The Hall–Kier alpha value is -3.18. The van der Waals surface area contributed by atoms with Crippen LogP contribution in [0.15, 0.2) is 50.7 Å². The number of hydrogen-bond acceptors (Lipinski definition) is 7. The van der Waals surface area contributed by atoms with Gasteiger partial charge in [0.15, 0.2) is 5.76 Å². The van der Waals surface area contributed by atoms with Crippen molar-refractivity contribution in [3.05, 3.63) is 53.5 Å². The van der Waals surface area contributed by atoms with Gasteiger partial charge in [-0.25, -0.2) is 8.42 Å². The number of amidine groups is 1. The number of furan rings is 1. The SMILES string of the molecule is CCN(CC)Cc1ccc(C(=O)NNC(=O)CCN=C2NS(=O)(=O)c3ccccc32)o1. The molecule has 1 aromatic heterocycles. The number of hydrogen-bond donors (Lipinski definition) is 3. The third-order valence-corrected chi connectivity index (χ3v) is 6.14. The number of fused-ring (bicyclic) bond motifs is 1. The molecule has 10 nitrogen and oxygen atoms in total. The van der Waals surface area contributed by atoms with E-state index in [0.29, 0.717) is 17.9 Å². The van der Waals surface area contributed by atoms with Crippen molar-refractivity contribution in [2.75, 3.05) is 19.6 Å². The average Bonchev–Trinajstić information content (AvgIpc) is 3.33. The zero-order valence-corrected chi connectivity index (χ0v) is 18.2. The van der Waals surface area contributed by atoms with Crippen LogP contribution < -0.4 is 15.6 Å². The second kappa shape index (κ2) is 9.75. The predicted octanol–water partition coefficient (Wildman–Crippen LogP) is 1.01. The average molecular weight is 448 g/mol. The van der Waals surface area contributed by atoms with E-state index in [4.69, 9.17) is 4.42 Å². The maximum atomic E-state index is 12.1. The highest BCUT2D eigenvalue weighted by Crippen LogP contribution is 2.22. The zero-order chi connectivity index (χ0) is 22.4. The topological polar surface area (TPSA) is 133 Å². The normalized spacial score (nSPS) is 15.5. The van der Waals surface area contributed by atoms with Gasteiger partial charge in [-0.1, -0.05) is 26.0 Å². The summed E-state index contributed by atoms with van der Waals surface area (Å²) >= 11 is 0. The van der Waals surface area contributed by atoms with E-state index in [1.54, 1.807) is 30.3 Å². The van der Waals surface area contributed by atoms with Crippen LogP contribution >= 0.6 is 0 Å². The lowest BCUT2D eigenvalue weighted by Gasteiger charge is -2.15. The highest BCUT2D eigenvalue weighted by molar-refractivity contribution is 7.90. The van der Waals surface area contributed by atoms with E-state index in [0.717, 1.165) is 13.1 Å². The van der Waals surface area contributed by atoms with Crippen LogP contribution in [0.4, 0.5) is 0 Å². The van der Waals surface area contributed by atoms with Crippen LogP contribution in [0.3, 0.4) is 0 Å². The molecule has 3 N–H and O–H groups in total. The Balaban J connectivity index is 1.47. The first kappa shape index (κ1) is 22.5. The number of carbonyl (C=O) groups is 2. The van der Waals surface area contributed by atoms with Gasteiger partial charge in [-0.2, -0.15) is 0 Å². The second-order valence-corrected chi connectivity index (χ2v) is 8.46. The largest absolute Gasteiger partial charge is 0.454 e. The summed E-state index contributed by atoms with van der Waals surface area (Å²) in [5, 5.41) is 0. The van der Waals surface area contributed by atoms with Gasteiger partial charge in [-0.3, -0.25) is 35.1 Å². The summed E-state index contributed by atoms with van der Waals surface area (Å²) in [4.78, 5) is 30.6. The van der Waals surface area contributed by atoms with Crippen LogP contribution in [0.2, 0.25) is 0 Å². The number of carbonyl (C=O) groups excluding carboxylic acids is 2. The summed E-state index contributed by atoms with van der Waals surface area (Å²) in [7, 11) is -3.62. The van der Waals surface area contributed by atoms with Crippen molar-refractivity contribution in [1.82, 2.24) is 20.5 Å². The number of rotatable bonds is 8. The Morgan fingerprint density at radius 2 is 1.84 bits per heavy atom. The molecule has 2 heterocycles. The number of sulfonamides is 1. The van der Waals surface area contributed by atoms with Crippen LogP contribution in [0, 0.1) is 0 Å². The smallest absolute Gasteiger partial charge is 0.305 e. The molecule has 11 heteroatoms. The maximum Gasteiger partial charge on any atom is 0.305 e. The van der Waals surface area contributed by atoms with Crippen molar-refractivity contribution in [2.24, 2.45) is 4.99 Å². The Morgan fingerprint density at radius 1 is 1.10 bits per heavy atom. The van der Waals surface area contributed by atoms with Gasteiger partial charge in [0.05, 0.1) is 18.0 Å². The molecule has 0 atom stereocenters. The minimum Gasteiger partial charge on any atom is -0.454 e. The lowest BCUT2D eigenvalue weighted by Crippen LogP contribution is -2.41. The summed E-state index contributed by atoms with van der Waals surface area (Å²) in [5.74, 6) is -0.0802. The lowest BCUT2D eigenvalue weighted by atomic mass is 10.2. The van der Waals surface area contributed by atoms with Crippen molar-refractivity contribution in [2.45, 2.75) is 31.7 Å². The van der Waals surface area contributed by atoms with E-state index >= 15 is 0 Å². The van der Waals surface area contributed by atoms with Crippen LogP contribution in [0.5, 0.6) is 0 Å². The fraction of sp³-hybridized carbons (Fsp3) is 0.350. The Kier molecular flexibility index (Phi) is 7.08. The number of nitrogens with one attached hydrogen (secondary N) is 3. The molecule has 0 bridgehead atoms. The third kappa shape index (κ3) is 5.50. The Morgan fingerprint density at radius 3 is 2.58 bits per heavy atom. The number of aliphatic imine (C=N–C) groups is 1. The molecule has 0 radical (unpaired) electrons. The van der Waals surface area contributed by atoms with Gasteiger partial charge in [-0.05, 0) is 37.4 Å². The van der Waals surface area contributed by atoms with Gasteiger partial charge in [0.2, 0.25) is 5.91 Å². The summed E-state index contributed by atoms with van der Waals surface area (Å²) in [6.07, 6.45) is -0.0426. The number of amides is 2. The quantitative estimate of drug-likeness (QED) is 0.517. The molecule has 0 saturated carbocycles. The molecular formula is C20H25N5O5S. The molecule has 0 aliphatic carbocycles. The molecule has 1 aliphatic rings. The number of nitrogens with zero attached hydrogens (tertiary/aromatic N) is 2. The minimum atomic E-state index is -3.62. The van der Waals surface area contributed by atoms with E-state index in [1.807, 2.05) is 13.8 Å². The number of hydrazine groups is 1. The summed E-state index contributed by atoms with van der Waals surface area (Å²) in [6, 6.07) is 9.75. The van der Waals surface area contributed by atoms with Gasteiger partial charge < -0.3 is 4.42 Å². The Labute approximate surface area is 180 Å². The summed E-state index contributed by atoms with van der Waals surface area (Å²) in [6.45, 7) is 6.46. The molecule has 31 heavy (non-hydrogen) atoms. The molecule has 3 rings (SSSR count). The third-order valence-electron chi connectivity index (χ3n) is 4.75. The predicted molar refractivity (Wildman–Crippen MR) is 114 cm³/mol. The molecule has 0 saturated heterocycles.